The summed E-state index contributed by atoms with van der Waals surface area (Å²) in [5.41, 5.74) is 6.16. The van der Waals surface area contributed by atoms with Gasteiger partial charge in [-0.2, -0.15) is 5.26 Å². The smallest absolute Gasteiger partial charge is 0.239 e. The Morgan fingerprint density at radius 2 is 2.28 bits per heavy atom. The van der Waals surface area contributed by atoms with Gasteiger partial charge < -0.3 is 10.6 Å². The van der Waals surface area contributed by atoms with Crippen LogP contribution in [0.25, 0.3) is 0 Å². The first-order chi connectivity index (χ1) is 8.49. The Bertz CT molecular complexity index is 480. The third-order valence-corrected chi connectivity index (χ3v) is 2.63. The van der Waals surface area contributed by atoms with Gasteiger partial charge in [-0.15, -0.1) is 0 Å². The first-order valence-electron chi connectivity index (χ1n) is 5.72. The van der Waals surface area contributed by atoms with Gasteiger partial charge in [-0.3, -0.25) is 4.79 Å². The average molecular weight is 249 g/mol. The van der Waals surface area contributed by atoms with Crippen LogP contribution in [0.3, 0.4) is 0 Å². The van der Waals surface area contributed by atoms with Gasteiger partial charge in [0.1, 0.15) is 5.82 Å². The fourth-order valence-corrected chi connectivity index (χ4v) is 1.58. The number of nitriles is 1. The van der Waals surface area contributed by atoms with Crippen LogP contribution in [0.1, 0.15) is 25.0 Å². The molecule has 18 heavy (non-hydrogen) atoms. The molecule has 0 bridgehead atoms. The monoisotopic (exact) mass is 249 g/mol. The van der Waals surface area contributed by atoms with E-state index in [1.807, 2.05) is 13.0 Å². The number of carbonyl (C=O) groups is 1. The number of rotatable bonds is 4. The summed E-state index contributed by atoms with van der Waals surface area (Å²) in [7, 11) is 0. The van der Waals surface area contributed by atoms with Gasteiger partial charge in [0.05, 0.1) is 17.7 Å². The molecule has 0 aliphatic rings. The summed E-state index contributed by atoms with van der Waals surface area (Å²) in [6, 6.07) is 5.47. The first kappa shape index (κ1) is 14.1. The Morgan fingerprint density at radius 1 is 1.61 bits per heavy atom. The van der Waals surface area contributed by atoms with E-state index in [1.165, 1.54) is 23.1 Å². The molecule has 0 aromatic heterocycles. The van der Waals surface area contributed by atoms with Crippen LogP contribution in [-0.2, 0) is 11.3 Å². The molecule has 1 rings (SSSR count). The number of hydrogen-bond acceptors (Lipinski definition) is 3. The molecule has 0 saturated heterocycles. The second-order valence-corrected chi connectivity index (χ2v) is 4.06. The van der Waals surface area contributed by atoms with E-state index in [9.17, 15) is 9.18 Å². The maximum Gasteiger partial charge on any atom is 0.239 e. The van der Waals surface area contributed by atoms with Gasteiger partial charge in [-0.05, 0) is 26.0 Å². The van der Waals surface area contributed by atoms with E-state index in [-0.39, 0.29) is 18.0 Å². The molecule has 1 aromatic rings. The molecule has 0 spiro atoms. The fraction of sp³-hybridized carbons (Fsp3) is 0.385. The fourth-order valence-electron chi connectivity index (χ4n) is 1.58. The minimum Gasteiger partial charge on any atom is -0.337 e. The number of likely N-dealkylation sites (N-methyl/N-ethyl adjacent to an activating group) is 1. The highest BCUT2D eigenvalue weighted by molar-refractivity contribution is 5.81. The Morgan fingerprint density at radius 3 is 2.72 bits per heavy atom. The molecule has 1 atom stereocenters. The molecule has 0 saturated carbocycles. The highest BCUT2D eigenvalue weighted by Crippen LogP contribution is 2.13. The highest BCUT2D eigenvalue weighted by atomic mass is 19.1. The third kappa shape index (κ3) is 3.28. The van der Waals surface area contributed by atoms with Crippen LogP contribution in [0, 0.1) is 17.1 Å². The summed E-state index contributed by atoms with van der Waals surface area (Å²) in [6.45, 7) is 4.02. The number of amides is 1. The van der Waals surface area contributed by atoms with Crippen molar-refractivity contribution in [2.45, 2.75) is 26.4 Å². The average Bonchev–Trinajstić information content (AvgIpc) is 2.36. The van der Waals surface area contributed by atoms with Crippen molar-refractivity contribution in [3.63, 3.8) is 0 Å². The van der Waals surface area contributed by atoms with Crippen molar-refractivity contribution in [2.24, 2.45) is 5.73 Å². The van der Waals surface area contributed by atoms with E-state index in [4.69, 9.17) is 11.0 Å². The van der Waals surface area contributed by atoms with Crippen molar-refractivity contribution < 1.29 is 9.18 Å². The molecule has 0 heterocycles. The van der Waals surface area contributed by atoms with E-state index >= 15 is 0 Å². The number of carbonyl (C=O) groups excluding carboxylic acids is 1. The zero-order valence-corrected chi connectivity index (χ0v) is 10.5. The molecule has 0 fully saturated rings. The van der Waals surface area contributed by atoms with Gasteiger partial charge in [0.25, 0.3) is 0 Å². The lowest BCUT2D eigenvalue weighted by Gasteiger charge is -2.23. The maximum atomic E-state index is 13.7. The molecule has 0 unspecified atom stereocenters. The first-order valence-corrected chi connectivity index (χ1v) is 5.72. The van der Waals surface area contributed by atoms with Gasteiger partial charge in [0.15, 0.2) is 0 Å². The molecular weight excluding hydrogens is 233 g/mol. The predicted octanol–water partition coefficient (Wildman–Crippen LogP) is 1.39. The normalized spacial score (nSPS) is 11.7. The second-order valence-electron chi connectivity index (χ2n) is 4.06. The van der Waals surface area contributed by atoms with Crippen molar-refractivity contribution in [1.82, 2.24) is 4.90 Å². The van der Waals surface area contributed by atoms with Crippen molar-refractivity contribution in [3.8, 4) is 6.07 Å². The van der Waals surface area contributed by atoms with E-state index < -0.39 is 11.9 Å². The molecule has 0 radical (unpaired) electrons. The van der Waals surface area contributed by atoms with E-state index in [1.54, 1.807) is 6.92 Å². The molecule has 96 valence electrons. The van der Waals surface area contributed by atoms with Crippen molar-refractivity contribution in [2.75, 3.05) is 6.54 Å². The molecule has 1 aromatic carbocycles. The highest BCUT2D eigenvalue weighted by Gasteiger charge is 2.17. The lowest BCUT2D eigenvalue weighted by atomic mass is 10.1. The van der Waals surface area contributed by atoms with Crippen LogP contribution in [0.4, 0.5) is 4.39 Å². The van der Waals surface area contributed by atoms with E-state index in [2.05, 4.69) is 0 Å². The van der Waals surface area contributed by atoms with Crippen LogP contribution in [0.2, 0.25) is 0 Å². The Balaban J connectivity index is 2.89. The predicted molar refractivity (Wildman–Crippen MR) is 65.9 cm³/mol. The van der Waals surface area contributed by atoms with Gasteiger partial charge >= 0.3 is 0 Å². The topological polar surface area (TPSA) is 70.1 Å². The summed E-state index contributed by atoms with van der Waals surface area (Å²) in [6.07, 6.45) is 0. The zero-order valence-electron chi connectivity index (χ0n) is 10.5. The second kappa shape index (κ2) is 6.12. The van der Waals surface area contributed by atoms with Gasteiger partial charge in [0.2, 0.25) is 5.91 Å². The van der Waals surface area contributed by atoms with E-state index in [0.29, 0.717) is 12.1 Å². The van der Waals surface area contributed by atoms with Crippen LogP contribution in [0.5, 0.6) is 0 Å². The summed E-state index contributed by atoms with van der Waals surface area (Å²) in [5.74, 6) is -0.703. The summed E-state index contributed by atoms with van der Waals surface area (Å²) >= 11 is 0. The molecular formula is C13H16FN3O. The number of nitrogens with two attached hydrogens (primary N) is 1. The van der Waals surface area contributed by atoms with Crippen molar-refractivity contribution >= 4 is 5.91 Å². The zero-order chi connectivity index (χ0) is 13.7. The number of benzene rings is 1. The molecule has 0 aliphatic heterocycles. The minimum atomic E-state index is -0.605. The van der Waals surface area contributed by atoms with Gasteiger partial charge in [-0.1, -0.05) is 6.07 Å². The SMILES string of the molecule is CCN(Cc1ccc(C#N)cc1F)C(=O)[C@H](C)N. The molecule has 1 amide bonds. The number of halogens is 1. The summed E-state index contributed by atoms with van der Waals surface area (Å²) < 4.78 is 13.7. The summed E-state index contributed by atoms with van der Waals surface area (Å²) in [4.78, 5) is 13.2. The largest absolute Gasteiger partial charge is 0.337 e. The lowest BCUT2D eigenvalue weighted by Crippen LogP contribution is -2.41. The molecule has 4 nitrogen and oxygen atoms in total. The molecule has 2 N–H and O–H groups in total. The van der Waals surface area contributed by atoms with Gasteiger partial charge in [-0.25, -0.2) is 4.39 Å². The van der Waals surface area contributed by atoms with Crippen LogP contribution in [0.15, 0.2) is 18.2 Å². The van der Waals surface area contributed by atoms with E-state index in [0.717, 1.165) is 0 Å². The molecule has 0 aliphatic carbocycles. The Kier molecular flexibility index (Phi) is 4.81. The van der Waals surface area contributed by atoms with Gasteiger partial charge in [0, 0.05) is 18.7 Å². The number of nitrogens with zero attached hydrogens (tertiary/aromatic N) is 2. The van der Waals surface area contributed by atoms with Crippen molar-refractivity contribution in [3.05, 3.63) is 35.1 Å². The Labute approximate surface area is 106 Å². The van der Waals surface area contributed by atoms with Crippen LogP contribution in [-0.4, -0.2) is 23.4 Å². The van der Waals surface area contributed by atoms with Crippen LogP contribution < -0.4 is 5.73 Å². The number of hydrogen-bond donors (Lipinski definition) is 1. The minimum absolute atomic E-state index is 0.161. The standard InChI is InChI=1S/C13H16FN3O/c1-3-17(13(18)9(2)16)8-11-5-4-10(7-15)6-12(11)14/h4-6,9H,3,8,16H2,1-2H3/t9-/m0/s1. The van der Waals surface area contributed by atoms with Crippen LogP contribution >= 0.6 is 0 Å². The molecule has 5 heteroatoms. The summed E-state index contributed by atoms with van der Waals surface area (Å²) in [5, 5.41) is 8.64. The quantitative estimate of drug-likeness (QED) is 0.876. The Hall–Kier alpha value is -1.93. The van der Waals surface area contributed by atoms with Crippen molar-refractivity contribution in [1.29, 1.82) is 5.26 Å². The maximum absolute atomic E-state index is 13.7. The third-order valence-electron chi connectivity index (χ3n) is 2.63. The lowest BCUT2D eigenvalue weighted by molar-refractivity contribution is -0.132.